The summed E-state index contributed by atoms with van der Waals surface area (Å²) >= 11 is 0. The van der Waals surface area contributed by atoms with E-state index >= 15 is 0 Å². The van der Waals surface area contributed by atoms with Gasteiger partial charge >= 0.3 is 0 Å². The number of pyridine rings is 1. The Balaban J connectivity index is 1.99. The summed E-state index contributed by atoms with van der Waals surface area (Å²) in [7, 11) is 0. The van der Waals surface area contributed by atoms with Crippen molar-refractivity contribution in [2.45, 2.75) is 18.9 Å². The van der Waals surface area contributed by atoms with Crippen LogP contribution in [0.5, 0.6) is 0 Å². The van der Waals surface area contributed by atoms with Gasteiger partial charge in [-0.2, -0.15) is 0 Å². The van der Waals surface area contributed by atoms with Crippen LogP contribution in [0.1, 0.15) is 12.8 Å². The third-order valence-electron chi connectivity index (χ3n) is 2.86. The zero-order valence-electron chi connectivity index (χ0n) is 9.68. The van der Waals surface area contributed by atoms with E-state index in [2.05, 4.69) is 4.98 Å². The van der Waals surface area contributed by atoms with Crippen LogP contribution in [0.2, 0.25) is 0 Å². The average molecular weight is 240 g/mol. The SMILES string of the molecule is OCCO[C@@H]1CCCN(c2ncccc2F)C1. The first-order valence-corrected chi connectivity index (χ1v) is 5.89. The van der Waals surface area contributed by atoms with Crippen LogP contribution in [-0.2, 0) is 4.74 Å². The van der Waals surface area contributed by atoms with Crippen molar-refractivity contribution in [1.29, 1.82) is 0 Å². The second-order valence-electron chi connectivity index (χ2n) is 4.11. The molecule has 1 aliphatic rings. The van der Waals surface area contributed by atoms with E-state index in [0.29, 0.717) is 19.0 Å². The molecule has 2 rings (SSSR count). The van der Waals surface area contributed by atoms with E-state index in [-0.39, 0.29) is 18.5 Å². The van der Waals surface area contributed by atoms with Gasteiger partial charge in [0.05, 0.1) is 19.3 Å². The van der Waals surface area contributed by atoms with Crippen molar-refractivity contribution in [3.63, 3.8) is 0 Å². The molecule has 1 saturated heterocycles. The summed E-state index contributed by atoms with van der Waals surface area (Å²) in [6, 6.07) is 3.00. The molecule has 2 heterocycles. The Kier molecular flexibility index (Phi) is 4.28. The van der Waals surface area contributed by atoms with Crippen LogP contribution in [0.25, 0.3) is 0 Å². The lowest BCUT2D eigenvalue weighted by Gasteiger charge is -2.33. The predicted octanol–water partition coefficient (Wildman–Crippen LogP) is 1.20. The first kappa shape index (κ1) is 12.3. The monoisotopic (exact) mass is 240 g/mol. The van der Waals surface area contributed by atoms with E-state index in [1.165, 1.54) is 6.07 Å². The fourth-order valence-corrected chi connectivity index (χ4v) is 2.10. The molecule has 0 saturated carbocycles. The Morgan fingerprint density at radius 2 is 2.47 bits per heavy atom. The number of halogens is 1. The van der Waals surface area contributed by atoms with Gasteiger partial charge in [0, 0.05) is 19.3 Å². The highest BCUT2D eigenvalue weighted by atomic mass is 19.1. The Bertz CT molecular complexity index is 362. The standard InChI is InChI=1S/C12H17FN2O2/c13-11-4-1-5-14-12(11)15-6-2-3-10(9-15)17-8-7-16/h1,4-5,10,16H,2-3,6-9H2/t10-/m1/s1. The van der Waals surface area contributed by atoms with E-state index in [1.54, 1.807) is 12.3 Å². The summed E-state index contributed by atoms with van der Waals surface area (Å²) in [5, 5.41) is 8.71. The molecule has 0 radical (unpaired) electrons. The molecule has 4 nitrogen and oxygen atoms in total. The molecule has 0 bridgehead atoms. The van der Waals surface area contributed by atoms with Gasteiger partial charge in [0.1, 0.15) is 0 Å². The maximum Gasteiger partial charge on any atom is 0.165 e. The number of nitrogens with zero attached hydrogens (tertiary/aromatic N) is 2. The minimum absolute atomic E-state index is 0.0223. The molecule has 0 unspecified atom stereocenters. The highest BCUT2D eigenvalue weighted by Gasteiger charge is 2.22. The van der Waals surface area contributed by atoms with Crippen LogP contribution < -0.4 is 4.90 Å². The molecular formula is C12H17FN2O2. The largest absolute Gasteiger partial charge is 0.394 e. The van der Waals surface area contributed by atoms with Crippen molar-refractivity contribution in [3.8, 4) is 0 Å². The van der Waals surface area contributed by atoms with Crippen molar-refractivity contribution in [2.75, 3.05) is 31.2 Å². The van der Waals surface area contributed by atoms with Gasteiger partial charge in [-0.05, 0) is 25.0 Å². The fraction of sp³-hybridized carbons (Fsp3) is 0.583. The molecule has 1 aromatic rings. The van der Waals surface area contributed by atoms with E-state index in [0.717, 1.165) is 19.4 Å². The summed E-state index contributed by atoms with van der Waals surface area (Å²) in [5.41, 5.74) is 0. The average Bonchev–Trinajstić information content (AvgIpc) is 2.37. The quantitative estimate of drug-likeness (QED) is 0.859. The van der Waals surface area contributed by atoms with E-state index < -0.39 is 0 Å². The maximum absolute atomic E-state index is 13.6. The topological polar surface area (TPSA) is 45.6 Å². The number of aliphatic hydroxyl groups is 1. The fourth-order valence-electron chi connectivity index (χ4n) is 2.10. The summed E-state index contributed by atoms with van der Waals surface area (Å²) in [6.07, 6.45) is 3.55. The lowest BCUT2D eigenvalue weighted by atomic mass is 10.1. The van der Waals surface area contributed by atoms with E-state index in [1.807, 2.05) is 4.90 Å². The van der Waals surface area contributed by atoms with Crippen molar-refractivity contribution < 1.29 is 14.2 Å². The minimum Gasteiger partial charge on any atom is -0.394 e. The van der Waals surface area contributed by atoms with E-state index in [9.17, 15) is 4.39 Å². The molecule has 1 N–H and O–H groups in total. The number of rotatable bonds is 4. The zero-order valence-corrected chi connectivity index (χ0v) is 9.68. The van der Waals surface area contributed by atoms with Gasteiger partial charge in [-0.3, -0.25) is 0 Å². The molecule has 1 atom stereocenters. The number of hydrogen-bond donors (Lipinski definition) is 1. The van der Waals surface area contributed by atoms with Crippen molar-refractivity contribution in [3.05, 3.63) is 24.1 Å². The minimum atomic E-state index is -0.296. The molecular weight excluding hydrogens is 223 g/mol. The Morgan fingerprint density at radius 1 is 1.59 bits per heavy atom. The second-order valence-corrected chi connectivity index (χ2v) is 4.11. The summed E-state index contributed by atoms with van der Waals surface area (Å²) in [5.74, 6) is 0.0973. The number of aliphatic hydroxyl groups excluding tert-OH is 1. The van der Waals surface area contributed by atoms with Gasteiger partial charge in [-0.25, -0.2) is 9.37 Å². The van der Waals surface area contributed by atoms with Gasteiger partial charge in [0.2, 0.25) is 0 Å². The van der Waals surface area contributed by atoms with Gasteiger partial charge in [-0.15, -0.1) is 0 Å². The van der Waals surface area contributed by atoms with Crippen LogP contribution >= 0.6 is 0 Å². The molecule has 0 aromatic carbocycles. The van der Waals surface area contributed by atoms with Crippen LogP contribution in [-0.4, -0.2) is 42.5 Å². The first-order valence-electron chi connectivity index (χ1n) is 5.89. The molecule has 1 fully saturated rings. The molecule has 1 aromatic heterocycles. The molecule has 1 aliphatic heterocycles. The predicted molar refractivity (Wildman–Crippen MR) is 62.5 cm³/mol. The number of anilines is 1. The summed E-state index contributed by atoms with van der Waals surface area (Å²) < 4.78 is 19.1. The molecule has 5 heteroatoms. The lowest BCUT2D eigenvalue weighted by molar-refractivity contribution is 0.0212. The zero-order chi connectivity index (χ0) is 12.1. The van der Waals surface area contributed by atoms with Gasteiger partial charge in [0.25, 0.3) is 0 Å². The van der Waals surface area contributed by atoms with Gasteiger partial charge < -0.3 is 14.7 Å². The Morgan fingerprint density at radius 3 is 3.24 bits per heavy atom. The van der Waals surface area contributed by atoms with Crippen molar-refractivity contribution in [2.24, 2.45) is 0 Å². The van der Waals surface area contributed by atoms with Crippen LogP contribution in [0, 0.1) is 5.82 Å². The van der Waals surface area contributed by atoms with Crippen molar-refractivity contribution in [1.82, 2.24) is 4.98 Å². The molecule has 0 spiro atoms. The highest BCUT2D eigenvalue weighted by Crippen LogP contribution is 2.21. The van der Waals surface area contributed by atoms with E-state index in [4.69, 9.17) is 9.84 Å². The Labute approximate surface area is 100 Å². The first-order chi connectivity index (χ1) is 8.31. The maximum atomic E-state index is 13.6. The number of piperidine rings is 1. The molecule has 0 aliphatic carbocycles. The van der Waals surface area contributed by atoms with Crippen LogP contribution in [0.15, 0.2) is 18.3 Å². The van der Waals surface area contributed by atoms with Crippen molar-refractivity contribution >= 4 is 5.82 Å². The lowest BCUT2D eigenvalue weighted by Crippen LogP contribution is -2.40. The molecule has 94 valence electrons. The third kappa shape index (κ3) is 3.14. The van der Waals surface area contributed by atoms with Gasteiger partial charge in [-0.1, -0.05) is 0 Å². The highest BCUT2D eigenvalue weighted by molar-refractivity contribution is 5.40. The second kappa shape index (κ2) is 5.93. The van der Waals surface area contributed by atoms with Crippen LogP contribution in [0.4, 0.5) is 10.2 Å². The summed E-state index contributed by atoms with van der Waals surface area (Å²) in [4.78, 5) is 5.97. The molecule has 0 amide bonds. The number of hydrogen-bond acceptors (Lipinski definition) is 4. The molecule has 17 heavy (non-hydrogen) atoms. The normalized spacial score (nSPS) is 20.6. The van der Waals surface area contributed by atoms with Gasteiger partial charge in [0.15, 0.2) is 11.6 Å². The Hall–Kier alpha value is -1.20. The number of aromatic nitrogens is 1. The number of ether oxygens (including phenoxy) is 1. The van der Waals surface area contributed by atoms with Crippen LogP contribution in [0.3, 0.4) is 0 Å². The smallest absolute Gasteiger partial charge is 0.165 e. The summed E-state index contributed by atoms with van der Waals surface area (Å²) in [6.45, 7) is 1.79. The third-order valence-corrected chi connectivity index (χ3v) is 2.86.